The molecule has 0 radical (unpaired) electrons. The lowest BCUT2D eigenvalue weighted by atomic mass is 9.99. The number of halogens is 3. The number of alkyl halides is 3. The van der Waals surface area contributed by atoms with Crippen molar-refractivity contribution in [3.63, 3.8) is 0 Å². The highest BCUT2D eigenvalue weighted by atomic mass is 32.2. The van der Waals surface area contributed by atoms with E-state index in [1.54, 1.807) is 4.90 Å². The monoisotopic (exact) mass is 379 g/mol. The van der Waals surface area contributed by atoms with Crippen LogP contribution in [0.3, 0.4) is 0 Å². The maximum absolute atomic E-state index is 12.6. The zero-order valence-electron chi connectivity index (χ0n) is 13.8. The summed E-state index contributed by atoms with van der Waals surface area (Å²) in [7, 11) is -3.00. The molecule has 0 N–H and O–H groups in total. The highest BCUT2D eigenvalue weighted by Gasteiger charge is 2.36. The fourth-order valence-corrected chi connectivity index (χ4v) is 3.67. The standard InChI is InChI=1S/C16H20F3NO4S/c1-12(16(17,18)19)14-4-2-13(3-5-14)11-24-15(21)10-20-6-8-25(22,23)9-7-20/h2-5,12H,6-11H2,1H3. The number of hydrogen-bond acceptors (Lipinski definition) is 5. The molecule has 2 rings (SSSR count). The summed E-state index contributed by atoms with van der Waals surface area (Å²) in [5.74, 6) is -2.00. The lowest BCUT2D eigenvalue weighted by molar-refractivity contribution is -0.146. The van der Waals surface area contributed by atoms with Crippen LogP contribution in [0.2, 0.25) is 0 Å². The number of sulfone groups is 1. The van der Waals surface area contributed by atoms with Gasteiger partial charge in [0.1, 0.15) is 6.61 Å². The van der Waals surface area contributed by atoms with Gasteiger partial charge in [0.25, 0.3) is 0 Å². The van der Waals surface area contributed by atoms with Gasteiger partial charge in [0.05, 0.1) is 24.0 Å². The minimum atomic E-state index is -4.30. The van der Waals surface area contributed by atoms with Crippen molar-refractivity contribution in [1.29, 1.82) is 0 Å². The van der Waals surface area contributed by atoms with Crippen molar-refractivity contribution in [3.05, 3.63) is 35.4 Å². The zero-order valence-corrected chi connectivity index (χ0v) is 14.6. The Morgan fingerprint density at radius 3 is 2.28 bits per heavy atom. The second-order valence-electron chi connectivity index (χ2n) is 6.09. The summed E-state index contributed by atoms with van der Waals surface area (Å²) >= 11 is 0. The van der Waals surface area contributed by atoms with Gasteiger partial charge in [-0.3, -0.25) is 9.69 Å². The van der Waals surface area contributed by atoms with Crippen LogP contribution in [0.1, 0.15) is 24.0 Å². The molecule has 1 aliphatic heterocycles. The van der Waals surface area contributed by atoms with Gasteiger partial charge in [-0.25, -0.2) is 8.42 Å². The first-order valence-corrected chi connectivity index (χ1v) is 9.63. The first-order valence-electron chi connectivity index (χ1n) is 7.81. The number of hydrogen-bond donors (Lipinski definition) is 0. The summed E-state index contributed by atoms with van der Waals surface area (Å²) in [6.07, 6.45) is -4.30. The summed E-state index contributed by atoms with van der Waals surface area (Å²) in [4.78, 5) is 13.5. The normalized spacial score (nSPS) is 19.4. The average molecular weight is 379 g/mol. The molecule has 0 saturated carbocycles. The quantitative estimate of drug-likeness (QED) is 0.734. The Kier molecular flexibility index (Phi) is 6.10. The van der Waals surface area contributed by atoms with Gasteiger partial charge in [-0.05, 0) is 18.1 Å². The number of carbonyl (C=O) groups is 1. The largest absolute Gasteiger partial charge is 0.460 e. The summed E-state index contributed by atoms with van der Waals surface area (Å²) < 4.78 is 65.7. The van der Waals surface area contributed by atoms with Crippen LogP contribution in [0, 0.1) is 0 Å². The Morgan fingerprint density at radius 1 is 1.20 bits per heavy atom. The summed E-state index contributed by atoms with van der Waals surface area (Å²) in [6, 6.07) is 5.74. The average Bonchev–Trinajstić information content (AvgIpc) is 2.54. The number of nitrogens with zero attached hydrogens (tertiary/aromatic N) is 1. The number of esters is 1. The molecule has 5 nitrogen and oxygen atoms in total. The summed E-state index contributed by atoms with van der Waals surface area (Å²) in [6.45, 7) is 1.64. The second-order valence-corrected chi connectivity index (χ2v) is 8.40. The Morgan fingerprint density at radius 2 is 1.76 bits per heavy atom. The van der Waals surface area contributed by atoms with Gasteiger partial charge in [-0.15, -0.1) is 0 Å². The van der Waals surface area contributed by atoms with Crippen LogP contribution >= 0.6 is 0 Å². The minimum absolute atomic E-state index is 0.00128. The Labute approximate surface area is 144 Å². The molecule has 140 valence electrons. The van der Waals surface area contributed by atoms with Crippen molar-refractivity contribution in [2.45, 2.75) is 25.6 Å². The highest BCUT2D eigenvalue weighted by Crippen LogP contribution is 2.34. The van der Waals surface area contributed by atoms with E-state index in [-0.39, 0.29) is 30.2 Å². The molecule has 1 unspecified atom stereocenters. The Balaban J connectivity index is 1.80. The SMILES string of the molecule is CC(c1ccc(COC(=O)CN2CCS(=O)(=O)CC2)cc1)C(F)(F)F. The van der Waals surface area contributed by atoms with Crippen molar-refractivity contribution in [3.8, 4) is 0 Å². The molecule has 1 atom stereocenters. The van der Waals surface area contributed by atoms with Gasteiger partial charge < -0.3 is 4.74 Å². The third-order valence-corrected chi connectivity index (χ3v) is 5.77. The van der Waals surface area contributed by atoms with E-state index in [4.69, 9.17) is 4.74 Å². The third-order valence-electron chi connectivity index (χ3n) is 4.16. The second kappa shape index (κ2) is 7.74. The van der Waals surface area contributed by atoms with Gasteiger partial charge >= 0.3 is 12.1 Å². The van der Waals surface area contributed by atoms with Crippen molar-refractivity contribution >= 4 is 15.8 Å². The summed E-state index contributed by atoms with van der Waals surface area (Å²) in [5.41, 5.74) is 0.741. The lowest BCUT2D eigenvalue weighted by Gasteiger charge is -2.25. The maximum atomic E-state index is 12.6. The Bertz CT molecular complexity index is 687. The van der Waals surface area contributed by atoms with Gasteiger partial charge in [0.2, 0.25) is 0 Å². The van der Waals surface area contributed by atoms with Crippen LogP contribution < -0.4 is 0 Å². The van der Waals surface area contributed by atoms with Crippen molar-refractivity contribution < 1.29 is 31.1 Å². The van der Waals surface area contributed by atoms with E-state index < -0.39 is 27.9 Å². The maximum Gasteiger partial charge on any atom is 0.395 e. The van der Waals surface area contributed by atoms with Gasteiger partial charge in [0, 0.05) is 13.1 Å². The predicted octanol–water partition coefficient (Wildman–Crippen LogP) is 2.13. The van der Waals surface area contributed by atoms with Gasteiger partial charge in [-0.1, -0.05) is 24.3 Å². The number of carbonyl (C=O) groups excluding carboxylic acids is 1. The molecule has 1 saturated heterocycles. The molecule has 0 amide bonds. The van der Waals surface area contributed by atoms with Crippen molar-refractivity contribution in [1.82, 2.24) is 4.90 Å². The molecule has 9 heteroatoms. The molecule has 1 aromatic rings. The molecular formula is C16H20F3NO4S. The first kappa shape index (κ1) is 19.7. The van der Waals surface area contributed by atoms with Crippen LogP contribution in [-0.2, 0) is 26.0 Å². The first-order chi connectivity index (χ1) is 11.6. The van der Waals surface area contributed by atoms with E-state index in [9.17, 15) is 26.4 Å². The molecule has 1 aliphatic rings. The van der Waals surface area contributed by atoms with Gasteiger partial charge in [0.15, 0.2) is 9.84 Å². The van der Waals surface area contributed by atoms with E-state index in [0.717, 1.165) is 6.92 Å². The van der Waals surface area contributed by atoms with E-state index >= 15 is 0 Å². The van der Waals surface area contributed by atoms with E-state index in [2.05, 4.69) is 0 Å². The van der Waals surface area contributed by atoms with Crippen LogP contribution in [0.4, 0.5) is 13.2 Å². The number of rotatable bonds is 5. The smallest absolute Gasteiger partial charge is 0.395 e. The minimum Gasteiger partial charge on any atom is -0.460 e. The number of benzene rings is 1. The fraction of sp³-hybridized carbons (Fsp3) is 0.562. The van der Waals surface area contributed by atoms with Crippen LogP contribution in [0.5, 0.6) is 0 Å². The lowest BCUT2D eigenvalue weighted by Crippen LogP contribution is -2.43. The van der Waals surface area contributed by atoms with Crippen molar-refractivity contribution in [2.75, 3.05) is 31.1 Å². The van der Waals surface area contributed by atoms with Crippen molar-refractivity contribution in [2.24, 2.45) is 0 Å². The van der Waals surface area contributed by atoms with Gasteiger partial charge in [-0.2, -0.15) is 13.2 Å². The molecule has 0 spiro atoms. The fourth-order valence-electron chi connectivity index (χ4n) is 2.39. The molecule has 1 heterocycles. The van der Waals surface area contributed by atoms with Crippen LogP contribution in [0.15, 0.2) is 24.3 Å². The molecule has 1 fully saturated rings. The van der Waals surface area contributed by atoms with E-state index in [0.29, 0.717) is 18.7 Å². The molecule has 0 aromatic heterocycles. The highest BCUT2D eigenvalue weighted by molar-refractivity contribution is 7.91. The molecule has 25 heavy (non-hydrogen) atoms. The predicted molar refractivity (Wildman–Crippen MR) is 85.8 cm³/mol. The third kappa shape index (κ3) is 6.00. The Hall–Kier alpha value is -1.61. The topological polar surface area (TPSA) is 63.7 Å². The molecule has 1 aromatic carbocycles. The van der Waals surface area contributed by atoms with E-state index in [1.807, 2.05) is 0 Å². The molecular weight excluding hydrogens is 359 g/mol. The number of ether oxygens (including phenoxy) is 1. The molecule has 0 aliphatic carbocycles. The van der Waals surface area contributed by atoms with Crippen LogP contribution in [-0.4, -0.2) is 56.6 Å². The molecule has 0 bridgehead atoms. The van der Waals surface area contributed by atoms with E-state index in [1.165, 1.54) is 24.3 Å². The summed E-state index contributed by atoms with van der Waals surface area (Å²) in [5, 5.41) is 0. The zero-order chi connectivity index (χ0) is 18.7. The van der Waals surface area contributed by atoms with Crippen LogP contribution in [0.25, 0.3) is 0 Å².